The number of nitrogens with zero attached hydrogens (tertiary/aromatic N) is 3. The highest BCUT2D eigenvalue weighted by Gasteiger charge is 2.42. The maximum atomic E-state index is 11.4. The largest absolute Gasteiger partial charge is 0.351 e. The minimum atomic E-state index is -0.146. The van der Waals surface area contributed by atoms with Crippen LogP contribution in [0, 0.1) is 0 Å². The molecular formula is C26H22BrN5OS. The van der Waals surface area contributed by atoms with Crippen molar-refractivity contribution in [2.75, 3.05) is 10.2 Å². The van der Waals surface area contributed by atoms with Crippen molar-refractivity contribution in [3.8, 4) is 5.69 Å². The Morgan fingerprint density at radius 3 is 2.41 bits per heavy atom. The lowest BCUT2D eigenvalue weighted by atomic mass is 10.0. The Labute approximate surface area is 211 Å². The van der Waals surface area contributed by atoms with Crippen molar-refractivity contribution >= 4 is 50.5 Å². The van der Waals surface area contributed by atoms with Gasteiger partial charge in [0.05, 0.1) is 11.7 Å². The summed E-state index contributed by atoms with van der Waals surface area (Å²) in [6.07, 6.45) is 3.86. The Morgan fingerprint density at radius 2 is 1.74 bits per heavy atom. The van der Waals surface area contributed by atoms with Crippen LogP contribution in [-0.2, 0) is 4.79 Å². The molecule has 2 aromatic heterocycles. The van der Waals surface area contributed by atoms with Gasteiger partial charge >= 0.3 is 0 Å². The SMILES string of the molecule is CC(=O)Nc1ccc(N2C(=S)N[C@H](c3ccccn3)[C@@H]2c2cccn2-c2ccc(Br)cc2)cc1. The van der Waals surface area contributed by atoms with E-state index in [4.69, 9.17) is 12.2 Å². The van der Waals surface area contributed by atoms with Gasteiger partial charge in [0.15, 0.2) is 5.11 Å². The molecule has 2 aromatic carbocycles. The Bertz CT molecular complexity index is 1320. The molecule has 0 bridgehead atoms. The molecule has 0 saturated carbocycles. The summed E-state index contributed by atoms with van der Waals surface area (Å²) in [5.74, 6) is -0.105. The number of thiocarbonyl (C=S) groups is 1. The number of anilines is 2. The average molecular weight is 532 g/mol. The lowest BCUT2D eigenvalue weighted by Crippen LogP contribution is -2.30. The Balaban J connectivity index is 1.61. The van der Waals surface area contributed by atoms with Gasteiger partial charge in [-0.3, -0.25) is 9.78 Å². The van der Waals surface area contributed by atoms with Crippen molar-refractivity contribution in [2.24, 2.45) is 0 Å². The number of rotatable bonds is 5. The minimum Gasteiger partial charge on any atom is -0.351 e. The van der Waals surface area contributed by atoms with Crippen LogP contribution < -0.4 is 15.5 Å². The monoisotopic (exact) mass is 531 g/mol. The van der Waals surface area contributed by atoms with E-state index in [1.54, 1.807) is 6.20 Å². The third kappa shape index (κ3) is 4.34. The van der Waals surface area contributed by atoms with E-state index in [0.29, 0.717) is 5.11 Å². The number of carbonyl (C=O) groups excluding carboxylic acids is 1. The van der Waals surface area contributed by atoms with Crippen LogP contribution in [0.3, 0.4) is 0 Å². The Hall–Kier alpha value is -3.49. The van der Waals surface area contributed by atoms with Gasteiger partial charge in [-0.25, -0.2) is 0 Å². The summed E-state index contributed by atoms with van der Waals surface area (Å²) in [6, 6.07) is 25.7. The van der Waals surface area contributed by atoms with E-state index in [0.717, 1.165) is 32.9 Å². The Morgan fingerprint density at radius 1 is 1.00 bits per heavy atom. The number of aromatic nitrogens is 2. The second kappa shape index (κ2) is 9.40. The van der Waals surface area contributed by atoms with Gasteiger partial charge in [-0.2, -0.15) is 0 Å². The van der Waals surface area contributed by atoms with E-state index >= 15 is 0 Å². The minimum absolute atomic E-state index is 0.105. The highest BCUT2D eigenvalue weighted by atomic mass is 79.9. The van der Waals surface area contributed by atoms with Gasteiger partial charge < -0.3 is 20.1 Å². The molecular weight excluding hydrogens is 510 g/mol. The van der Waals surface area contributed by atoms with Crippen LogP contribution in [0.5, 0.6) is 0 Å². The number of hydrogen-bond donors (Lipinski definition) is 2. The molecule has 34 heavy (non-hydrogen) atoms. The molecule has 1 aliphatic heterocycles. The number of nitrogens with one attached hydrogen (secondary N) is 2. The van der Waals surface area contributed by atoms with Crippen LogP contribution in [0.25, 0.3) is 5.69 Å². The molecule has 0 radical (unpaired) electrons. The first-order chi connectivity index (χ1) is 16.5. The first-order valence-corrected chi connectivity index (χ1v) is 12.0. The van der Waals surface area contributed by atoms with Gasteiger partial charge in [0, 0.05) is 46.5 Å². The standard InChI is InChI=1S/C26H22BrN5OS/c1-17(33)29-19-9-13-21(14-10-19)32-25(24(30-26(32)34)22-5-2-3-15-28-22)23-6-4-16-31(23)20-11-7-18(27)8-12-20/h2-16,24-25H,1H3,(H,29,33)(H,30,34)/t24-,25+/m1/s1. The maximum Gasteiger partial charge on any atom is 0.221 e. The second-order valence-corrected chi connectivity index (χ2v) is 9.31. The van der Waals surface area contributed by atoms with Gasteiger partial charge in [0.2, 0.25) is 5.91 Å². The van der Waals surface area contributed by atoms with Gasteiger partial charge in [0.25, 0.3) is 0 Å². The average Bonchev–Trinajstić information content (AvgIpc) is 3.45. The molecule has 2 N–H and O–H groups in total. The van der Waals surface area contributed by atoms with Crippen LogP contribution in [-0.4, -0.2) is 20.6 Å². The quantitative estimate of drug-likeness (QED) is 0.320. The van der Waals surface area contributed by atoms with E-state index in [1.807, 2.05) is 60.7 Å². The van der Waals surface area contributed by atoms with Crippen LogP contribution >= 0.6 is 28.1 Å². The van der Waals surface area contributed by atoms with Crippen LogP contribution in [0.15, 0.2) is 95.7 Å². The number of halogens is 1. The zero-order valence-corrected chi connectivity index (χ0v) is 20.8. The van der Waals surface area contributed by atoms with Crippen LogP contribution in [0.2, 0.25) is 0 Å². The number of benzene rings is 2. The van der Waals surface area contributed by atoms with Gasteiger partial charge in [-0.1, -0.05) is 22.0 Å². The molecule has 8 heteroatoms. The molecule has 1 amide bonds. The zero-order valence-electron chi connectivity index (χ0n) is 18.4. The molecule has 0 spiro atoms. The van der Waals surface area contributed by atoms with Crippen molar-refractivity contribution in [1.82, 2.24) is 14.9 Å². The lowest BCUT2D eigenvalue weighted by molar-refractivity contribution is -0.114. The molecule has 1 fully saturated rings. The molecule has 0 aliphatic carbocycles. The third-order valence-electron chi connectivity index (χ3n) is 5.75. The number of amides is 1. The maximum absolute atomic E-state index is 11.4. The summed E-state index contributed by atoms with van der Waals surface area (Å²) >= 11 is 9.36. The van der Waals surface area contributed by atoms with E-state index in [-0.39, 0.29) is 18.0 Å². The Kier molecular flexibility index (Phi) is 6.17. The van der Waals surface area contributed by atoms with Gasteiger partial charge in [-0.15, -0.1) is 0 Å². The fourth-order valence-corrected chi connectivity index (χ4v) is 4.92. The first kappa shape index (κ1) is 22.3. The van der Waals surface area contributed by atoms with E-state index < -0.39 is 0 Å². The number of pyridine rings is 1. The molecule has 1 aliphatic rings. The molecule has 1 saturated heterocycles. The highest BCUT2D eigenvalue weighted by Crippen LogP contribution is 2.42. The molecule has 2 atom stereocenters. The highest BCUT2D eigenvalue weighted by molar-refractivity contribution is 9.10. The summed E-state index contributed by atoms with van der Waals surface area (Å²) in [5, 5.41) is 6.94. The van der Waals surface area contributed by atoms with Crippen LogP contribution in [0.1, 0.15) is 30.4 Å². The van der Waals surface area contributed by atoms with Crippen molar-refractivity contribution in [2.45, 2.75) is 19.0 Å². The molecule has 3 heterocycles. The van der Waals surface area contributed by atoms with Gasteiger partial charge in [0.1, 0.15) is 6.04 Å². The predicted molar refractivity (Wildman–Crippen MR) is 142 cm³/mol. The van der Waals surface area contributed by atoms with Crippen molar-refractivity contribution < 1.29 is 4.79 Å². The molecule has 5 rings (SSSR count). The normalized spacial score (nSPS) is 17.5. The smallest absolute Gasteiger partial charge is 0.221 e. The summed E-state index contributed by atoms with van der Waals surface area (Å²) in [6.45, 7) is 1.50. The molecule has 4 aromatic rings. The van der Waals surface area contributed by atoms with Crippen LogP contribution in [0.4, 0.5) is 11.4 Å². The third-order valence-corrected chi connectivity index (χ3v) is 6.60. The lowest BCUT2D eigenvalue weighted by Gasteiger charge is -2.29. The van der Waals surface area contributed by atoms with Crippen molar-refractivity contribution in [1.29, 1.82) is 0 Å². The number of carbonyl (C=O) groups is 1. The molecule has 0 unspecified atom stereocenters. The van der Waals surface area contributed by atoms with E-state index in [1.165, 1.54) is 6.92 Å². The zero-order chi connectivity index (χ0) is 23.7. The van der Waals surface area contributed by atoms with Crippen molar-refractivity contribution in [3.05, 3.63) is 107 Å². The second-order valence-electron chi connectivity index (χ2n) is 8.00. The first-order valence-electron chi connectivity index (χ1n) is 10.8. The topological polar surface area (TPSA) is 62.2 Å². The fraction of sp³-hybridized carbons (Fsp3) is 0.115. The summed E-state index contributed by atoms with van der Waals surface area (Å²) in [7, 11) is 0. The van der Waals surface area contributed by atoms with E-state index in [2.05, 4.69) is 65.4 Å². The van der Waals surface area contributed by atoms with Crippen molar-refractivity contribution in [3.63, 3.8) is 0 Å². The number of hydrogen-bond acceptors (Lipinski definition) is 3. The molecule has 6 nitrogen and oxygen atoms in total. The predicted octanol–water partition coefficient (Wildman–Crippen LogP) is 5.77. The van der Waals surface area contributed by atoms with E-state index in [9.17, 15) is 4.79 Å². The summed E-state index contributed by atoms with van der Waals surface area (Å²) in [4.78, 5) is 18.2. The fourth-order valence-electron chi connectivity index (χ4n) is 4.31. The van der Waals surface area contributed by atoms with Gasteiger partial charge in [-0.05, 0) is 85.0 Å². The summed E-state index contributed by atoms with van der Waals surface area (Å²) < 4.78 is 3.21. The molecule has 170 valence electrons. The summed E-state index contributed by atoms with van der Waals surface area (Å²) in [5.41, 5.74) is 4.72.